The van der Waals surface area contributed by atoms with E-state index in [0.717, 1.165) is 42.0 Å². The lowest BCUT2D eigenvalue weighted by Crippen LogP contribution is -2.50. The Labute approximate surface area is 211 Å². The molecule has 1 saturated heterocycles. The van der Waals surface area contributed by atoms with E-state index in [1.807, 2.05) is 59.4 Å². The van der Waals surface area contributed by atoms with Gasteiger partial charge in [-0.25, -0.2) is 14.4 Å². The third-order valence-corrected chi connectivity index (χ3v) is 6.99. The molecule has 1 aromatic carbocycles. The maximum absolute atomic E-state index is 14.8. The maximum atomic E-state index is 14.8. The zero-order valence-corrected chi connectivity index (χ0v) is 21.3. The number of hydrogen-bond acceptors (Lipinski definition) is 7. The molecule has 5 rings (SSSR count). The Balaban J connectivity index is 1.31. The zero-order valence-electron chi connectivity index (χ0n) is 21.3. The Bertz CT molecular complexity index is 1240. The van der Waals surface area contributed by atoms with Crippen LogP contribution in [-0.4, -0.2) is 63.6 Å². The Morgan fingerprint density at radius 1 is 1.14 bits per heavy atom. The fraction of sp³-hybridized carbons (Fsp3) is 0.462. The number of halogens is 1. The number of carbonyl (C=O) groups is 1. The summed E-state index contributed by atoms with van der Waals surface area (Å²) in [5.41, 5.74) is 3.80. The van der Waals surface area contributed by atoms with Crippen LogP contribution in [-0.2, 0) is 17.8 Å². The molecule has 0 spiro atoms. The summed E-state index contributed by atoms with van der Waals surface area (Å²) < 4.78 is 16.9. The molecule has 9 nitrogen and oxygen atoms in total. The molecule has 2 aliphatic rings. The van der Waals surface area contributed by atoms with E-state index in [2.05, 4.69) is 38.7 Å². The highest BCUT2D eigenvalue weighted by Crippen LogP contribution is 2.28. The number of rotatable bonds is 6. The topological polar surface area (TPSA) is 82.4 Å². The summed E-state index contributed by atoms with van der Waals surface area (Å²) in [6.07, 6.45) is 5.67. The first-order valence-electron chi connectivity index (χ1n) is 12.5. The number of piperidine rings is 1. The molecule has 1 atom stereocenters. The second kappa shape index (κ2) is 9.85. The average molecular weight is 493 g/mol. The third-order valence-electron chi connectivity index (χ3n) is 6.99. The smallest absolute Gasteiger partial charge is 0.244 e. The van der Waals surface area contributed by atoms with Crippen LogP contribution in [0.3, 0.4) is 0 Å². The summed E-state index contributed by atoms with van der Waals surface area (Å²) in [6.45, 7) is 6.13. The van der Waals surface area contributed by atoms with Crippen molar-refractivity contribution in [1.29, 1.82) is 0 Å². The van der Waals surface area contributed by atoms with E-state index >= 15 is 0 Å². The van der Waals surface area contributed by atoms with Gasteiger partial charge in [0, 0.05) is 36.9 Å². The molecule has 190 valence electrons. The van der Waals surface area contributed by atoms with Crippen LogP contribution in [0.4, 0.5) is 27.5 Å². The van der Waals surface area contributed by atoms with Gasteiger partial charge in [-0.05, 0) is 65.0 Å². The zero-order chi connectivity index (χ0) is 25.4. The molecule has 10 heteroatoms. The van der Waals surface area contributed by atoms with Crippen LogP contribution < -0.4 is 15.1 Å². The van der Waals surface area contributed by atoms with Crippen molar-refractivity contribution in [2.75, 3.05) is 42.3 Å². The number of amides is 1. The van der Waals surface area contributed by atoms with Crippen molar-refractivity contribution >= 4 is 29.0 Å². The van der Waals surface area contributed by atoms with E-state index in [0.29, 0.717) is 25.6 Å². The molecule has 0 radical (unpaired) electrons. The summed E-state index contributed by atoms with van der Waals surface area (Å²) >= 11 is 0. The lowest BCUT2D eigenvalue weighted by molar-refractivity contribution is -0.124. The SMILES string of the molecule is CC(C)n1cnc2c1CN(c1nc(Nc3ccc(N4CCCC(N(C)C)C4=O)cc3)ncc1F)CC2. The molecule has 0 bridgehead atoms. The first kappa shape index (κ1) is 24.2. The number of nitrogens with zero attached hydrogens (tertiary/aromatic N) is 7. The molecule has 3 aromatic rings. The fourth-order valence-electron chi connectivity index (χ4n) is 5.02. The van der Waals surface area contributed by atoms with Crippen LogP contribution in [0.15, 0.2) is 36.8 Å². The number of aromatic nitrogens is 4. The molecular formula is C26H33FN8O. The van der Waals surface area contributed by atoms with Crippen LogP contribution in [0.5, 0.6) is 0 Å². The van der Waals surface area contributed by atoms with E-state index in [1.54, 1.807) is 0 Å². The van der Waals surface area contributed by atoms with E-state index in [-0.39, 0.29) is 23.8 Å². The van der Waals surface area contributed by atoms with Crippen LogP contribution in [0, 0.1) is 5.82 Å². The number of nitrogens with one attached hydrogen (secondary N) is 1. The van der Waals surface area contributed by atoms with E-state index in [9.17, 15) is 9.18 Å². The minimum absolute atomic E-state index is 0.0902. The maximum Gasteiger partial charge on any atom is 0.244 e. The predicted octanol–water partition coefficient (Wildman–Crippen LogP) is 3.76. The lowest BCUT2D eigenvalue weighted by atomic mass is 10.0. The summed E-state index contributed by atoms with van der Waals surface area (Å²) in [6, 6.07) is 7.81. The Morgan fingerprint density at radius 2 is 1.92 bits per heavy atom. The number of likely N-dealkylation sites (N-methyl/N-ethyl adjacent to an activating group) is 1. The number of hydrogen-bond donors (Lipinski definition) is 1. The van der Waals surface area contributed by atoms with Crippen molar-refractivity contribution in [2.45, 2.75) is 51.7 Å². The van der Waals surface area contributed by atoms with Crippen LogP contribution in [0.2, 0.25) is 0 Å². The number of fused-ring (bicyclic) bond motifs is 1. The number of imidazole rings is 1. The van der Waals surface area contributed by atoms with Crippen LogP contribution in [0.1, 0.15) is 44.1 Å². The normalized spacial score (nSPS) is 18.2. The Hall–Kier alpha value is -3.53. The van der Waals surface area contributed by atoms with Crippen molar-refractivity contribution in [3.05, 3.63) is 54.0 Å². The molecule has 1 N–H and O–H groups in total. The minimum atomic E-state index is -0.450. The van der Waals surface area contributed by atoms with Gasteiger partial charge in [0.15, 0.2) is 11.6 Å². The van der Waals surface area contributed by atoms with Gasteiger partial charge in [-0.2, -0.15) is 4.98 Å². The number of carbonyl (C=O) groups excluding carboxylic acids is 1. The molecular weight excluding hydrogens is 459 g/mol. The molecule has 2 aliphatic heterocycles. The third kappa shape index (κ3) is 4.65. The summed E-state index contributed by atoms with van der Waals surface area (Å²) in [5.74, 6) is 0.278. The average Bonchev–Trinajstić information content (AvgIpc) is 3.29. The van der Waals surface area contributed by atoms with Crippen molar-refractivity contribution in [3.8, 4) is 0 Å². The summed E-state index contributed by atoms with van der Waals surface area (Å²) in [4.78, 5) is 31.8. The molecule has 0 aliphatic carbocycles. The second-order valence-electron chi connectivity index (χ2n) is 9.96. The number of anilines is 4. The molecule has 1 unspecified atom stereocenters. The van der Waals surface area contributed by atoms with Gasteiger partial charge < -0.3 is 19.7 Å². The van der Waals surface area contributed by atoms with E-state index in [1.165, 1.54) is 6.20 Å². The van der Waals surface area contributed by atoms with Crippen molar-refractivity contribution in [3.63, 3.8) is 0 Å². The summed E-state index contributed by atoms with van der Waals surface area (Å²) in [7, 11) is 3.88. The van der Waals surface area contributed by atoms with Crippen molar-refractivity contribution in [1.82, 2.24) is 24.4 Å². The predicted molar refractivity (Wildman–Crippen MR) is 138 cm³/mol. The lowest BCUT2D eigenvalue weighted by Gasteiger charge is -2.35. The minimum Gasteiger partial charge on any atom is -0.348 e. The molecule has 36 heavy (non-hydrogen) atoms. The van der Waals surface area contributed by atoms with Gasteiger partial charge in [-0.3, -0.25) is 9.69 Å². The molecule has 4 heterocycles. The highest BCUT2D eigenvalue weighted by atomic mass is 19.1. The standard InChI is InChI=1S/C26H33FN8O/c1-17(2)35-16-29-21-11-13-33(15-23(21)35)24-20(27)14-28-26(31-24)30-18-7-9-19(10-8-18)34-12-5-6-22(25(34)36)32(3)4/h7-10,14,16-17,22H,5-6,11-13,15H2,1-4H3,(H,28,30,31). The fourth-order valence-corrected chi connectivity index (χ4v) is 5.02. The van der Waals surface area contributed by atoms with Gasteiger partial charge in [0.1, 0.15) is 0 Å². The van der Waals surface area contributed by atoms with E-state index < -0.39 is 5.82 Å². The quantitative estimate of drug-likeness (QED) is 0.561. The largest absolute Gasteiger partial charge is 0.348 e. The highest BCUT2D eigenvalue weighted by molar-refractivity contribution is 5.98. The van der Waals surface area contributed by atoms with Gasteiger partial charge >= 0.3 is 0 Å². The van der Waals surface area contributed by atoms with Gasteiger partial charge in [0.2, 0.25) is 11.9 Å². The summed E-state index contributed by atoms with van der Waals surface area (Å²) in [5, 5.41) is 3.18. The second-order valence-corrected chi connectivity index (χ2v) is 9.96. The van der Waals surface area contributed by atoms with Gasteiger partial charge in [0.05, 0.1) is 36.5 Å². The highest BCUT2D eigenvalue weighted by Gasteiger charge is 2.31. The van der Waals surface area contributed by atoms with Gasteiger partial charge in [0.25, 0.3) is 0 Å². The Morgan fingerprint density at radius 3 is 2.64 bits per heavy atom. The molecule has 0 saturated carbocycles. The first-order chi connectivity index (χ1) is 17.3. The molecule has 1 amide bonds. The van der Waals surface area contributed by atoms with Crippen LogP contribution >= 0.6 is 0 Å². The van der Waals surface area contributed by atoms with E-state index in [4.69, 9.17) is 0 Å². The first-order valence-corrected chi connectivity index (χ1v) is 12.5. The van der Waals surface area contributed by atoms with Gasteiger partial charge in [-0.1, -0.05) is 0 Å². The van der Waals surface area contributed by atoms with Crippen molar-refractivity contribution in [2.24, 2.45) is 0 Å². The molecule has 2 aromatic heterocycles. The number of benzene rings is 1. The van der Waals surface area contributed by atoms with Gasteiger partial charge in [-0.15, -0.1) is 0 Å². The Kier molecular flexibility index (Phi) is 6.61. The van der Waals surface area contributed by atoms with Crippen molar-refractivity contribution < 1.29 is 9.18 Å². The molecule has 1 fully saturated rings. The van der Waals surface area contributed by atoms with Crippen LogP contribution in [0.25, 0.3) is 0 Å². The monoisotopic (exact) mass is 492 g/mol.